The highest BCUT2D eigenvalue weighted by molar-refractivity contribution is 7.93. The van der Waals surface area contributed by atoms with Crippen LogP contribution in [0, 0.1) is 52.3 Å². The molecule has 8 N–H and O–H groups in total. The van der Waals surface area contributed by atoms with Crippen LogP contribution in [0.3, 0.4) is 0 Å². The van der Waals surface area contributed by atoms with Gasteiger partial charge in [0, 0.05) is 26.2 Å². The van der Waals surface area contributed by atoms with Gasteiger partial charge in [0.2, 0.25) is 35.2 Å². The summed E-state index contributed by atoms with van der Waals surface area (Å²) < 4.78 is 53.4. The van der Waals surface area contributed by atoms with Crippen molar-refractivity contribution < 1.29 is 64.8 Å². The van der Waals surface area contributed by atoms with Crippen molar-refractivity contribution in [1.29, 1.82) is 0 Å². The maximum atomic E-state index is 16.0. The highest BCUT2D eigenvalue weighted by Crippen LogP contribution is 2.47. The summed E-state index contributed by atoms with van der Waals surface area (Å²) in [6, 6.07) is -8.27. The number of ketones is 2. The zero-order chi connectivity index (χ0) is 76.4. The molecule has 5 aliphatic carbocycles. The van der Waals surface area contributed by atoms with Gasteiger partial charge in [-0.3, -0.25) is 38.4 Å². The van der Waals surface area contributed by atoms with Gasteiger partial charge in [0.05, 0.1) is 44.2 Å². The Morgan fingerprint density at radius 2 is 0.874 bits per heavy atom. The number of likely N-dealkylation sites (tertiary alicyclic amines) is 2. The van der Waals surface area contributed by atoms with Crippen LogP contribution in [0.2, 0.25) is 0 Å². The van der Waals surface area contributed by atoms with Crippen molar-refractivity contribution >= 4 is 78.7 Å². The molecule has 5 saturated carbocycles. The van der Waals surface area contributed by atoms with Crippen molar-refractivity contribution in [2.45, 2.75) is 307 Å². The molecule has 0 aromatic carbocycles. The third-order valence-electron chi connectivity index (χ3n) is 23.5. The van der Waals surface area contributed by atoms with E-state index in [9.17, 15) is 45.6 Å². The van der Waals surface area contributed by atoms with Gasteiger partial charge >= 0.3 is 12.1 Å². The minimum atomic E-state index is -3.75. The maximum Gasteiger partial charge on any atom is 0.315 e. The molecule has 0 aromatic heterocycles. The van der Waals surface area contributed by atoms with Gasteiger partial charge in [-0.2, -0.15) is 0 Å². The number of rotatable bonds is 33. The second-order valence-corrected chi connectivity index (χ2v) is 41.4. The summed E-state index contributed by atoms with van der Waals surface area (Å²) in [6.07, 6.45) is 17.7. The average molecular weight is 1480 g/mol. The van der Waals surface area contributed by atoms with E-state index >= 15 is 19.2 Å². The fourth-order valence-electron chi connectivity index (χ4n) is 16.8. The van der Waals surface area contributed by atoms with Crippen molar-refractivity contribution in [2.24, 2.45) is 52.3 Å². The highest BCUT2D eigenvalue weighted by Gasteiger charge is 2.54. The molecule has 103 heavy (non-hydrogen) atoms. The van der Waals surface area contributed by atoms with Crippen LogP contribution >= 0.6 is 0 Å². The van der Waals surface area contributed by atoms with Gasteiger partial charge < -0.3 is 52.3 Å². The first-order valence-electron chi connectivity index (χ1n) is 38.7. The molecule has 0 bridgehead atoms. The van der Waals surface area contributed by atoms with Crippen LogP contribution in [0.15, 0.2) is 25.3 Å². The van der Waals surface area contributed by atoms with Crippen LogP contribution in [-0.2, 0) is 58.0 Å². The Labute approximate surface area is 615 Å². The first-order chi connectivity index (χ1) is 48.0. The molecule has 582 valence electrons. The van der Waals surface area contributed by atoms with Crippen LogP contribution in [-0.4, -0.2) is 180 Å². The van der Waals surface area contributed by atoms with Gasteiger partial charge in [-0.25, -0.2) is 26.4 Å². The predicted octanol–water partition coefficient (Wildman–Crippen LogP) is 8.61. The molecule has 2 heterocycles. The number of hydrogen-bond donors (Lipinski definition) is 8. The number of urea groups is 2. The predicted molar refractivity (Wildman–Crippen MR) is 399 cm³/mol. The second-order valence-electron chi connectivity index (χ2n) is 35.9. The number of nitrogens with one attached hydrogen (secondary N) is 8. The van der Waals surface area contributed by atoms with Crippen molar-refractivity contribution in [1.82, 2.24) is 52.3 Å². The third kappa shape index (κ3) is 22.6. The minimum absolute atomic E-state index is 0.0360. The first-order valence-corrected chi connectivity index (χ1v) is 42.0. The van der Waals surface area contributed by atoms with Crippen LogP contribution < -0.4 is 42.5 Å². The lowest BCUT2D eigenvalue weighted by atomic mass is 9.65. The van der Waals surface area contributed by atoms with E-state index in [1.165, 1.54) is 17.1 Å². The summed E-state index contributed by atoms with van der Waals surface area (Å²) in [6.45, 7) is 31.1. The summed E-state index contributed by atoms with van der Waals surface area (Å²) in [5.74, 6) is -6.38. The molecule has 1 unspecified atom stereocenters. The zero-order valence-electron chi connectivity index (χ0n) is 64.4. The van der Waals surface area contributed by atoms with Gasteiger partial charge in [0.15, 0.2) is 19.7 Å². The van der Waals surface area contributed by atoms with Gasteiger partial charge in [-0.1, -0.05) is 125 Å². The minimum Gasteiger partial charge on any atom is -0.346 e. The maximum absolute atomic E-state index is 16.0. The lowest BCUT2D eigenvalue weighted by Gasteiger charge is -2.45. The molecule has 10 amide bonds. The Morgan fingerprint density at radius 1 is 0.485 bits per heavy atom. The Kier molecular flexibility index (Phi) is 28.5. The molecular weight excluding hydrogens is 1350 g/mol. The molecule has 24 nitrogen and oxygen atoms in total. The average Bonchev–Trinajstić information content (AvgIpc) is 1.71. The highest BCUT2D eigenvalue weighted by atomic mass is 32.2. The number of Topliss-reactive ketones (excluding diaryl/α,β-unsaturated/α-hetero) is 2. The van der Waals surface area contributed by atoms with E-state index in [4.69, 9.17) is 0 Å². The molecule has 2 aliphatic heterocycles. The summed E-state index contributed by atoms with van der Waals surface area (Å²) in [5, 5.41) is 23.3. The number of carbonyl (C=O) groups is 10. The molecule has 7 rings (SSSR count). The molecule has 9 atom stereocenters. The lowest BCUT2D eigenvalue weighted by Crippen LogP contribution is -2.64. The normalized spacial score (nSPS) is 25.3. The van der Waals surface area contributed by atoms with E-state index in [0.717, 1.165) is 38.5 Å². The van der Waals surface area contributed by atoms with E-state index in [0.29, 0.717) is 109 Å². The topological polar surface area (TPSA) is 342 Å². The van der Waals surface area contributed by atoms with E-state index in [-0.39, 0.29) is 86.0 Å². The van der Waals surface area contributed by atoms with Crippen LogP contribution in [0.25, 0.3) is 0 Å². The molecule has 7 fully saturated rings. The largest absolute Gasteiger partial charge is 0.346 e. The zero-order valence-corrected chi connectivity index (χ0v) is 66.1. The fourth-order valence-corrected chi connectivity index (χ4v) is 19.8. The van der Waals surface area contributed by atoms with Gasteiger partial charge in [0.1, 0.15) is 24.2 Å². The number of sulfone groups is 2. The van der Waals surface area contributed by atoms with Gasteiger partial charge in [-0.15, -0.1) is 13.2 Å². The Hall–Kier alpha value is -5.92. The fraction of sp³-hybridized carbons (Fsp3) is 0.818. The molecule has 0 spiro atoms. The van der Waals surface area contributed by atoms with E-state index in [1.807, 2.05) is 20.8 Å². The van der Waals surface area contributed by atoms with E-state index < -0.39 is 152 Å². The van der Waals surface area contributed by atoms with Gasteiger partial charge in [0.25, 0.3) is 11.8 Å². The van der Waals surface area contributed by atoms with Crippen molar-refractivity contribution in [3.8, 4) is 0 Å². The van der Waals surface area contributed by atoms with Crippen LogP contribution in [0.4, 0.5) is 9.59 Å². The van der Waals surface area contributed by atoms with E-state index in [2.05, 4.69) is 62.6 Å². The number of nitrogens with zero attached hydrogens (tertiary/aromatic N) is 2. The van der Waals surface area contributed by atoms with Gasteiger partial charge in [-0.05, 0) is 190 Å². The van der Waals surface area contributed by atoms with Crippen LogP contribution in [0.5, 0.6) is 0 Å². The summed E-state index contributed by atoms with van der Waals surface area (Å²) in [7, 11) is -7.45. The Balaban J connectivity index is 1.16. The van der Waals surface area contributed by atoms with Crippen molar-refractivity contribution in [2.75, 3.05) is 37.7 Å². The van der Waals surface area contributed by atoms with Crippen LogP contribution in [0.1, 0.15) is 251 Å². The summed E-state index contributed by atoms with van der Waals surface area (Å²) in [4.78, 5) is 148. The molecule has 2 saturated heterocycles. The third-order valence-corrected chi connectivity index (χ3v) is 29.1. The standard InChI is InChI=1S/C77H128N10O14S2/c1-16-38-78-66(92)60(88)56(45-51-24-25-51)80-64(90)58-54(42-49(3)4)30-40-87(58)69(95)63(83-71(97)85-77(34-22-19-23-35-77)48-103(100,101)74(12,13)14)75(15)36-28-53(29-37-75)43-50(5)44-55-31-41-86(59(55)65(91)81-57(46-52-26-27-52)61(89)67(93)79-39-17-2)68(94)62(72(6,7)8)82-70(96)84-76(32-20-18-21-33-76)47-102(98,99)73(9,10)11/h16-17,49-59,62-63H,1-2,18-48H2,3-15H3,(H,78,92)(H,79,93)(H,80,90)(H,81,91)(H2,82,84,96)(H2,83,85,97)/t50?,53?,54-,55-,56+,57+,58+,59+,62-,63-,75?/m1/s1. The molecule has 7 aliphatic rings. The Morgan fingerprint density at radius 3 is 1.25 bits per heavy atom. The number of amides is 10. The number of carbonyl (C=O) groups excluding carboxylic acids is 10. The second kappa shape index (κ2) is 34.8. The Bertz CT molecular complexity index is 3310. The quantitative estimate of drug-likeness (QED) is 0.0225. The first kappa shape index (κ1) is 84.3. The molecule has 26 heteroatoms. The summed E-state index contributed by atoms with van der Waals surface area (Å²) >= 11 is 0. The molecular formula is C77H128N10O14S2. The summed E-state index contributed by atoms with van der Waals surface area (Å²) in [5.41, 5.74) is -4.02. The monoisotopic (exact) mass is 1480 g/mol. The van der Waals surface area contributed by atoms with Crippen molar-refractivity contribution in [3.63, 3.8) is 0 Å². The smallest absolute Gasteiger partial charge is 0.315 e. The van der Waals surface area contributed by atoms with Crippen molar-refractivity contribution in [3.05, 3.63) is 25.3 Å². The van der Waals surface area contributed by atoms with E-state index in [1.54, 1.807) is 67.2 Å². The SMILES string of the molecule is C=CCNC(=O)C(=O)[C@H](CC1CC1)NC(=O)[C@@H]1[C@@H](CC(C)CC2CCC(C)([C@H](NC(=O)NC3(CS(=O)(=O)C(C)(C)C)CCCCC3)C(=O)N3CC[C@H](CC(C)C)[C@H]3C(=O)N[C@@H](CC3CC3)C(=O)C(=O)NCC=C)CC2)CCN1C(=O)[C@@H](NC(=O)NC1(CS(=O)(=O)C(C)(C)C)CCCCC1)C(C)(C)C. The molecule has 0 radical (unpaired) electrons. The molecule has 0 aromatic rings. The number of hydrogen-bond acceptors (Lipinski definition) is 14. The lowest BCUT2D eigenvalue weighted by molar-refractivity contribution is -0.145.